The maximum absolute atomic E-state index is 13.1. The number of hydrogen-bond acceptors (Lipinski definition) is 5. The van der Waals surface area contributed by atoms with Crippen LogP contribution in [0.3, 0.4) is 0 Å². The Hall–Kier alpha value is -3.22. The van der Waals surface area contributed by atoms with Gasteiger partial charge >= 0.3 is 5.97 Å². The van der Waals surface area contributed by atoms with Crippen LogP contribution < -0.4 is 14.2 Å². The van der Waals surface area contributed by atoms with Crippen LogP contribution in [-0.4, -0.2) is 49.3 Å². The van der Waals surface area contributed by atoms with Crippen LogP contribution in [0.4, 0.5) is 0 Å². The largest absolute Gasteiger partial charge is 0.493 e. The summed E-state index contributed by atoms with van der Waals surface area (Å²) < 4.78 is 15.8. The molecule has 0 aliphatic rings. The van der Waals surface area contributed by atoms with E-state index in [0.717, 1.165) is 5.56 Å². The second-order valence-corrected chi connectivity index (χ2v) is 5.85. The van der Waals surface area contributed by atoms with Crippen molar-refractivity contribution in [2.45, 2.75) is 19.5 Å². The first-order valence-electron chi connectivity index (χ1n) is 8.30. The van der Waals surface area contributed by atoms with Gasteiger partial charge in [0.05, 0.1) is 21.3 Å². The molecule has 2 aromatic carbocycles. The van der Waals surface area contributed by atoms with E-state index in [9.17, 15) is 14.7 Å². The van der Waals surface area contributed by atoms with Crippen molar-refractivity contribution in [2.24, 2.45) is 0 Å². The Morgan fingerprint density at radius 3 is 2.00 bits per heavy atom. The Kier molecular flexibility index (Phi) is 6.65. The molecule has 1 unspecified atom stereocenters. The first-order valence-corrected chi connectivity index (χ1v) is 8.30. The fourth-order valence-corrected chi connectivity index (χ4v) is 2.67. The predicted octanol–water partition coefficient (Wildman–Crippen LogP) is 2.83. The summed E-state index contributed by atoms with van der Waals surface area (Å²) in [6.07, 6.45) is 0. The molecule has 7 nitrogen and oxygen atoms in total. The zero-order valence-electron chi connectivity index (χ0n) is 15.8. The Morgan fingerprint density at radius 1 is 1.00 bits per heavy atom. The van der Waals surface area contributed by atoms with E-state index in [0.29, 0.717) is 17.2 Å². The highest BCUT2D eigenvalue weighted by molar-refractivity contribution is 5.97. The van der Waals surface area contributed by atoms with Gasteiger partial charge in [-0.3, -0.25) is 4.79 Å². The van der Waals surface area contributed by atoms with Crippen molar-refractivity contribution in [1.82, 2.24) is 4.90 Å². The van der Waals surface area contributed by atoms with Crippen molar-refractivity contribution in [3.63, 3.8) is 0 Å². The minimum atomic E-state index is -1.09. The van der Waals surface area contributed by atoms with E-state index in [1.807, 2.05) is 30.3 Å². The zero-order chi connectivity index (χ0) is 20.0. The molecule has 0 bridgehead atoms. The van der Waals surface area contributed by atoms with Crippen LogP contribution >= 0.6 is 0 Å². The van der Waals surface area contributed by atoms with Crippen LogP contribution in [0, 0.1) is 0 Å². The summed E-state index contributed by atoms with van der Waals surface area (Å²) >= 11 is 0. The average Bonchev–Trinajstić information content (AvgIpc) is 2.70. The first kappa shape index (κ1) is 20.1. The number of amides is 1. The van der Waals surface area contributed by atoms with Crippen molar-refractivity contribution in [3.05, 3.63) is 53.6 Å². The van der Waals surface area contributed by atoms with E-state index in [4.69, 9.17) is 14.2 Å². The standard InChI is InChI=1S/C20H23NO6/c1-13(20(23)24)21(12-14-8-6-5-7-9-14)19(22)15-10-16(25-2)18(27-4)17(11-15)26-3/h5-11,13H,12H2,1-4H3,(H,23,24). The quantitative estimate of drug-likeness (QED) is 0.766. The second kappa shape index (κ2) is 8.93. The summed E-state index contributed by atoms with van der Waals surface area (Å²) in [5, 5.41) is 9.45. The van der Waals surface area contributed by atoms with Gasteiger partial charge in [0, 0.05) is 12.1 Å². The third kappa shape index (κ3) is 4.49. The monoisotopic (exact) mass is 373 g/mol. The maximum atomic E-state index is 13.1. The number of carboxylic acid groups (broad SMARTS) is 1. The number of carboxylic acids is 1. The molecule has 2 rings (SSSR count). The fraction of sp³-hybridized carbons (Fsp3) is 0.300. The lowest BCUT2D eigenvalue weighted by molar-refractivity contribution is -0.141. The van der Waals surface area contributed by atoms with E-state index >= 15 is 0 Å². The maximum Gasteiger partial charge on any atom is 0.326 e. The summed E-state index contributed by atoms with van der Waals surface area (Å²) in [6.45, 7) is 1.63. The van der Waals surface area contributed by atoms with Crippen LogP contribution in [0.1, 0.15) is 22.8 Å². The summed E-state index contributed by atoms with van der Waals surface area (Å²) in [6, 6.07) is 11.2. The summed E-state index contributed by atoms with van der Waals surface area (Å²) in [5.41, 5.74) is 1.07. The molecular weight excluding hydrogens is 350 g/mol. The molecule has 0 aliphatic heterocycles. The van der Waals surface area contributed by atoms with E-state index in [1.165, 1.54) is 45.3 Å². The molecule has 0 saturated carbocycles. The summed E-state index contributed by atoms with van der Waals surface area (Å²) in [5.74, 6) is -0.539. The summed E-state index contributed by atoms with van der Waals surface area (Å²) in [4.78, 5) is 26.0. The number of ether oxygens (including phenoxy) is 3. The second-order valence-electron chi connectivity index (χ2n) is 5.85. The molecule has 0 spiro atoms. The van der Waals surface area contributed by atoms with Crippen LogP contribution in [0.15, 0.2) is 42.5 Å². The minimum Gasteiger partial charge on any atom is -0.493 e. The SMILES string of the molecule is COc1cc(C(=O)N(Cc2ccccc2)C(C)C(=O)O)cc(OC)c1OC. The van der Waals surface area contributed by atoms with Gasteiger partial charge in [-0.1, -0.05) is 30.3 Å². The van der Waals surface area contributed by atoms with Crippen molar-refractivity contribution in [3.8, 4) is 17.2 Å². The van der Waals surface area contributed by atoms with Crippen molar-refractivity contribution in [1.29, 1.82) is 0 Å². The van der Waals surface area contributed by atoms with Crippen molar-refractivity contribution < 1.29 is 28.9 Å². The fourth-order valence-electron chi connectivity index (χ4n) is 2.67. The Labute approximate surface area is 158 Å². The molecule has 144 valence electrons. The molecule has 0 heterocycles. The number of nitrogens with zero attached hydrogens (tertiary/aromatic N) is 1. The molecule has 0 fully saturated rings. The molecule has 27 heavy (non-hydrogen) atoms. The van der Waals surface area contributed by atoms with Crippen LogP contribution in [0.5, 0.6) is 17.2 Å². The molecule has 1 N–H and O–H groups in total. The lowest BCUT2D eigenvalue weighted by Gasteiger charge is -2.27. The molecule has 2 aromatic rings. The van der Waals surface area contributed by atoms with Crippen molar-refractivity contribution >= 4 is 11.9 Å². The van der Waals surface area contributed by atoms with Gasteiger partial charge in [-0.05, 0) is 24.6 Å². The third-order valence-corrected chi connectivity index (χ3v) is 4.19. The topological polar surface area (TPSA) is 85.3 Å². The highest BCUT2D eigenvalue weighted by Gasteiger charge is 2.28. The number of carbonyl (C=O) groups excluding carboxylic acids is 1. The highest BCUT2D eigenvalue weighted by Crippen LogP contribution is 2.38. The van der Waals surface area contributed by atoms with Gasteiger partial charge in [-0.15, -0.1) is 0 Å². The van der Waals surface area contributed by atoms with Gasteiger partial charge < -0.3 is 24.2 Å². The number of rotatable bonds is 8. The van der Waals surface area contributed by atoms with Crippen LogP contribution in [-0.2, 0) is 11.3 Å². The first-order chi connectivity index (χ1) is 12.9. The number of aliphatic carboxylic acids is 1. The molecular formula is C20H23NO6. The number of carbonyl (C=O) groups is 2. The smallest absolute Gasteiger partial charge is 0.326 e. The molecule has 0 radical (unpaired) electrons. The van der Waals surface area contributed by atoms with Gasteiger partial charge in [0.1, 0.15) is 6.04 Å². The summed E-state index contributed by atoms with van der Waals surface area (Å²) in [7, 11) is 4.37. The van der Waals surface area contributed by atoms with Crippen molar-refractivity contribution in [2.75, 3.05) is 21.3 Å². The normalized spacial score (nSPS) is 11.4. The Bertz CT molecular complexity index is 780. The minimum absolute atomic E-state index is 0.157. The molecule has 7 heteroatoms. The van der Waals surface area contributed by atoms with E-state index in [2.05, 4.69) is 0 Å². The zero-order valence-corrected chi connectivity index (χ0v) is 15.8. The lowest BCUT2D eigenvalue weighted by atomic mass is 10.1. The van der Waals surface area contributed by atoms with Gasteiger partial charge in [0.25, 0.3) is 5.91 Å². The molecule has 1 atom stereocenters. The average molecular weight is 373 g/mol. The molecule has 0 saturated heterocycles. The van der Waals surface area contributed by atoms with Gasteiger partial charge in [0.2, 0.25) is 5.75 Å². The molecule has 0 aliphatic carbocycles. The predicted molar refractivity (Wildman–Crippen MR) is 99.5 cm³/mol. The van der Waals surface area contributed by atoms with Crippen LogP contribution in [0.2, 0.25) is 0 Å². The third-order valence-electron chi connectivity index (χ3n) is 4.19. The van der Waals surface area contributed by atoms with E-state index in [1.54, 1.807) is 0 Å². The van der Waals surface area contributed by atoms with Gasteiger partial charge in [-0.2, -0.15) is 0 Å². The van der Waals surface area contributed by atoms with E-state index < -0.39 is 17.9 Å². The Balaban J connectivity index is 2.46. The van der Waals surface area contributed by atoms with Gasteiger partial charge in [0.15, 0.2) is 11.5 Å². The van der Waals surface area contributed by atoms with Crippen LogP contribution in [0.25, 0.3) is 0 Å². The number of benzene rings is 2. The Morgan fingerprint density at radius 2 is 1.56 bits per heavy atom. The van der Waals surface area contributed by atoms with Gasteiger partial charge in [-0.25, -0.2) is 4.79 Å². The number of methoxy groups -OCH3 is 3. The highest BCUT2D eigenvalue weighted by atomic mass is 16.5. The lowest BCUT2D eigenvalue weighted by Crippen LogP contribution is -2.42. The number of hydrogen-bond donors (Lipinski definition) is 1. The van der Waals surface area contributed by atoms with E-state index in [-0.39, 0.29) is 12.1 Å². The molecule has 0 aromatic heterocycles. The molecule has 1 amide bonds.